The van der Waals surface area contributed by atoms with Gasteiger partial charge < -0.3 is 4.90 Å². The topological polar surface area (TPSA) is 3.24 Å². The van der Waals surface area contributed by atoms with Gasteiger partial charge in [0, 0.05) is 16.8 Å². The first-order valence-corrected chi connectivity index (χ1v) is 24.0. The van der Waals surface area contributed by atoms with Crippen molar-refractivity contribution < 1.29 is 0 Å². The van der Waals surface area contributed by atoms with Gasteiger partial charge in [-0.05, 0) is 108 Å². The number of benzene rings is 11. The highest BCUT2D eigenvalue weighted by molar-refractivity contribution is 6.00. The molecule has 0 bridgehead atoms. The normalized spacial score (nSPS) is 13.4. The molecule has 0 radical (unpaired) electrons. The molecule has 13 rings (SSSR count). The van der Waals surface area contributed by atoms with Gasteiger partial charge in [0.05, 0.1) is 22.2 Å². The van der Waals surface area contributed by atoms with Crippen LogP contribution in [0.4, 0.5) is 17.1 Å². The van der Waals surface area contributed by atoms with Crippen LogP contribution in [0, 0.1) is 0 Å². The zero-order valence-electron chi connectivity index (χ0n) is 38.1. The van der Waals surface area contributed by atoms with Crippen molar-refractivity contribution in [3.8, 4) is 44.5 Å². The Balaban J connectivity index is 1.02. The average molecular weight is 878 g/mol. The lowest BCUT2D eigenvalue weighted by Crippen LogP contribution is -2.28. The van der Waals surface area contributed by atoms with E-state index in [1.54, 1.807) is 0 Å². The Morgan fingerprint density at radius 2 is 0.638 bits per heavy atom. The van der Waals surface area contributed by atoms with E-state index in [1.165, 1.54) is 89.0 Å². The molecule has 2 aliphatic rings. The fraction of sp³-hybridized carbons (Fsp3) is 0.0294. The van der Waals surface area contributed by atoms with Crippen LogP contribution in [0.5, 0.6) is 0 Å². The number of fused-ring (bicyclic) bond motifs is 6. The van der Waals surface area contributed by atoms with Crippen molar-refractivity contribution in [2.45, 2.75) is 10.8 Å². The van der Waals surface area contributed by atoms with Crippen LogP contribution in [0.3, 0.4) is 0 Å². The van der Waals surface area contributed by atoms with Crippen molar-refractivity contribution in [1.29, 1.82) is 0 Å². The molecule has 324 valence electrons. The van der Waals surface area contributed by atoms with Gasteiger partial charge in [-0.2, -0.15) is 0 Å². The Morgan fingerprint density at radius 3 is 1.22 bits per heavy atom. The van der Waals surface area contributed by atoms with Gasteiger partial charge >= 0.3 is 0 Å². The number of rotatable bonds is 9. The maximum absolute atomic E-state index is 2.50. The first kappa shape index (κ1) is 40.5. The lowest BCUT2D eigenvalue weighted by atomic mass is 9.67. The van der Waals surface area contributed by atoms with E-state index in [1.807, 2.05) is 0 Å². The molecule has 0 saturated carbocycles. The Bertz CT molecular complexity index is 3560. The van der Waals surface area contributed by atoms with E-state index in [4.69, 9.17) is 0 Å². The van der Waals surface area contributed by atoms with Crippen molar-refractivity contribution in [3.05, 3.63) is 330 Å². The molecule has 0 spiro atoms. The summed E-state index contributed by atoms with van der Waals surface area (Å²) in [6, 6.07) is 105. The first-order chi connectivity index (χ1) is 34.3. The minimum atomic E-state index is -0.527. The van der Waals surface area contributed by atoms with Crippen LogP contribution in [0.1, 0.15) is 44.5 Å². The molecule has 0 fully saturated rings. The van der Waals surface area contributed by atoms with E-state index in [0.29, 0.717) is 0 Å². The van der Waals surface area contributed by atoms with Crippen LogP contribution in [-0.2, 0) is 10.8 Å². The molecule has 11 aromatic carbocycles. The highest BCUT2D eigenvalue weighted by Gasteiger charge is 2.48. The van der Waals surface area contributed by atoms with Crippen molar-refractivity contribution in [3.63, 3.8) is 0 Å². The highest BCUT2D eigenvalue weighted by Crippen LogP contribution is 2.60. The summed E-state index contributed by atoms with van der Waals surface area (Å²) >= 11 is 0. The lowest BCUT2D eigenvalue weighted by molar-refractivity contribution is 0.768. The molecule has 0 amide bonds. The summed E-state index contributed by atoms with van der Waals surface area (Å²) in [4.78, 5) is 2.50. The SMILES string of the molecule is c1ccc(-c2ccccc2N(c2ccc(-c3ccc4c(c3)C(c3ccccc3)(c3ccccc3)c3ccccc3-4)cc2)c2cccc3c2-c2ccccc2C3(c2ccccc2)c2ccccc2)cc1. The van der Waals surface area contributed by atoms with Crippen LogP contribution in [0.15, 0.2) is 285 Å². The molecule has 0 aliphatic heterocycles. The molecule has 2 aliphatic carbocycles. The van der Waals surface area contributed by atoms with Gasteiger partial charge in [-0.3, -0.25) is 0 Å². The number of hydrogen-bond donors (Lipinski definition) is 0. The number of hydrogen-bond acceptors (Lipinski definition) is 1. The molecule has 0 heterocycles. The summed E-state index contributed by atoms with van der Waals surface area (Å²) in [7, 11) is 0. The van der Waals surface area contributed by atoms with Crippen molar-refractivity contribution >= 4 is 17.1 Å². The summed E-state index contributed by atoms with van der Waals surface area (Å²) in [5.41, 5.74) is 22.3. The average Bonchev–Trinajstić information content (AvgIpc) is 3.91. The lowest BCUT2D eigenvalue weighted by Gasteiger charge is -2.34. The van der Waals surface area contributed by atoms with Gasteiger partial charge in [0.1, 0.15) is 0 Å². The molecule has 1 heteroatoms. The third kappa shape index (κ3) is 6.17. The summed E-state index contributed by atoms with van der Waals surface area (Å²) in [5, 5.41) is 0. The van der Waals surface area contributed by atoms with E-state index >= 15 is 0 Å². The molecule has 0 N–H and O–H groups in total. The maximum Gasteiger partial charge on any atom is 0.0714 e. The highest BCUT2D eigenvalue weighted by atomic mass is 15.1. The molecular formula is C68H47N. The summed E-state index contributed by atoms with van der Waals surface area (Å²) < 4.78 is 0. The molecular weight excluding hydrogens is 831 g/mol. The predicted molar refractivity (Wildman–Crippen MR) is 287 cm³/mol. The summed E-state index contributed by atoms with van der Waals surface area (Å²) in [5.74, 6) is 0. The monoisotopic (exact) mass is 877 g/mol. The molecule has 0 atom stereocenters. The van der Waals surface area contributed by atoms with Crippen LogP contribution in [0.2, 0.25) is 0 Å². The van der Waals surface area contributed by atoms with Crippen molar-refractivity contribution in [2.24, 2.45) is 0 Å². The number of para-hydroxylation sites is 1. The molecule has 0 aromatic heterocycles. The standard InChI is InChI=1S/C68H47N/c1-6-23-49(24-7-1)56-33-18-21-39-64(56)69(65-40-22-38-62-66(65)59-35-17-20-37-61(59)67(62,51-25-8-2-9-26-51)52-27-10-3-11-28-52)55-44-41-48(42-45-55)50-43-46-58-57-34-16-19-36-60(57)68(63(58)47-50,53-29-12-4-13-30-53)54-31-14-5-15-32-54/h1-47H. The summed E-state index contributed by atoms with van der Waals surface area (Å²) in [6.07, 6.45) is 0. The van der Waals surface area contributed by atoms with Crippen LogP contribution < -0.4 is 4.90 Å². The third-order valence-electron chi connectivity index (χ3n) is 14.8. The van der Waals surface area contributed by atoms with E-state index in [-0.39, 0.29) is 0 Å². The molecule has 69 heavy (non-hydrogen) atoms. The third-order valence-corrected chi connectivity index (χ3v) is 14.8. The zero-order valence-corrected chi connectivity index (χ0v) is 38.1. The van der Waals surface area contributed by atoms with E-state index in [2.05, 4.69) is 290 Å². The van der Waals surface area contributed by atoms with Gasteiger partial charge in [-0.1, -0.05) is 255 Å². The van der Waals surface area contributed by atoms with E-state index < -0.39 is 10.8 Å². The maximum atomic E-state index is 2.50. The molecule has 0 unspecified atom stereocenters. The Hall–Kier alpha value is -8.78. The Kier molecular flexibility index (Phi) is 9.70. The van der Waals surface area contributed by atoms with Gasteiger partial charge in [0.2, 0.25) is 0 Å². The predicted octanol–water partition coefficient (Wildman–Crippen LogP) is 17.2. The van der Waals surface area contributed by atoms with Gasteiger partial charge in [0.25, 0.3) is 0 Å². The quantitative estimate of drug-likeness (QED) is 0.140. The Morgan fingerprint density at radius 1 is 0.232 bits per heavy atom. The van der Waals surface area contributed by atoms with E-state index in [9.17, 15) is 0 Å². The van der Waals surface area contributed by atoms with Crippen LogP contribution in [0.25, 0.3) is 44.5 Å². The second-order valence-corrected chi connectivity index (χ2v) is 18.3. The van der Waals surface area contributed by atoms with Crippen LogP contribution >= 0.6 is 0 Å². The molecule has 0 saturated heterocycles. The minimum absolute atomic E-state index is 0.471. The first-order valence-electron chi connectivity index (χ1n) is 24.0. The van der Waals surface area contributed by atoms with Gasteiger partial charge in [-0.15, -0.1) is 0 Å². The van der Waals surface area contributed by atoms with Gasteiger partial charge in [-0.25, -0.2) is 0 Å². The number of nitrogens with zero attached hydrogens (tertiary/aromatic N) is 1. The van der Waals surface area contributed by atoms with Crippen LogP contribution in [-0.4, -0.2) is 0 Å². The van der Waals surface area contributed by atoms with Crippen molar-refractivity contribution in [2.75, 3.05) is 4.90 Å². The second-order valence-electron chi connectivity index (χ2n) is 18.3. The fourth-order valence-electron chi connectivity index (χ4n) is 12.0. The smallest absolute Gasteiger partial charge is 0.0714 e. The van der Waals surface area contributed by atoms with E-state index in [0.717, 1.165) is 17.1 Å². The second kappa shape index (κ2) is 16.5. The van der Waals surface area contributed by atoms with Gasteiger partial charge in [0.15, 0.2) is 0 Å². The zero-order chi connectivity index (χ0) is 45.8. The largest absolute Gasteiger partial charge is 0.309 e. The Labute approximate surface area is 404 Å². The number of anilines is 3. The van der Waals surface area contributed by atoms with Crippen molar-refractivity contribution in [1.82, 2.24) is 0 Å². The minimum Gasteiger partial charge on any atom is -0.309 e. The fourth-order valence-corrected chi connectivity index (χ4v) is 12.0. The molecule has 11 aromatic rings. The molecule has 1 nitrogen and oxygen atoms in total. The summed E-state index contributed by atoms with van der Waals surface area (Å²) in [6.45, 7) is 0.